The molecule has 0 radical (unpaired) electrons. The molecule has 0 spiro atoms. The minimum Gasteiger partial charge on any atom is -0.367 e. The lowest BCUT2D eigenvalue weighted by atomic mass is 10.2. The van der Waals surface area contributed by atoms with Gasteiger partial charge in [0.1, 0.15) is 11.4 Å². The summed E-state index contributed by atoms with van der Waals surface area (Å²) in [6.07, 6.45) is -0.373. The smallest absolute Gasteiger partial charge is 0.193 e. The Morgan fingerprint density at radius 1 is 1.00 bits per heavy atom. The molecule has 0 amide bonds. The van der Waals surface area contributed by atoms with E-state index in [2.05, 4.69) is 10.2 Å². The maximum Gasteiger partial charge on any atom is 0.193 e. The molecule has 4 aromatic rings. The fourth-order valence-electron chi connectivity index (χ4n) is 2.94. The van der Waals surface area contributed by atoms with Gasteiger partial charge >= 0.3 is 0 Å². The normalized spacial score (nSPS) is 12.8. The topological polar surface area (TPSA) is 72.9 Å². The second-order valence-corrected chi connectivity index (χ2v) is 5.36. The van der Waals surface area contributed by atoms with Crippen LogP contribution in [0.2, 0.25) is 0 Å². The third-order valence-electron chi connectivity index (χ3n) is 4.02. The van der Waals surface area contributed by atoms with Crippen LogP contribution >= 0.6 is 0 Å². The number of hydrogen-bond acceptors (Lipinski definition) is 4. The predicted molar refractivity (Wildman–Crippen MR) is 86.2 cm³/mol. The number of aromatic nitrogens is 4. The fourth-order valence-corrected chi connectivity index (χ4v) is 2.94. The molecular formula is C17H14N4O2. The van der Waals surface area contributed by atoms with Crippen LogP contribution in [0.25, 0.3) is 21.8 Å². The molecule has 0 aliphatic heterocycles. The van der Waals surface area contributed by atoms with Crippen molar-refractivity contribution in [2.75, 3.05) is 0 Å². The number of carbonyl (C=O) groups is 1. The molecule has 0 bridgehead atoms. The van der Waals surface area contributed by atoms with Crippen LogP contribution in [-0.2, 0) is 7.05 Å². The summed E-state index contributed by atoms with van der Waals surface area (Å²) in [5.41, 5.74) is 2.43. The van der Waals surface area contributed by atoms with E-state index >= 15 is 0 Å². The van der Waals surface area contributed by atoms with E-state index in [1.807, 2.05) is 55.6 Å². The first-order valence-electron chi connectivity index (χ1n) is 7.23. The Hall–Kier alpha value is -2.99. The van der Waals surface area contributed by atoms with Crippen molar-refractivity contribution in [2.24, 2.45) is 7.05 Å². The predicted octanol–water partition coefficient (Wildman–Crippen LogP) is 2.27. The summed E-state index contributed by atoms with van der Waals surface area (Å²) in [5.74, 6) is 0. The number of aryl methyl sites for hydroxylation is 1. The van der Waals surface area contributed by atoms with Gasteiger partial charge in [-0.25, -0.2) is 4.68 Å². The molecule has 2 aromatic carbocycles. The van der Waals surface area contributed by atoms with Gasteiger partial charge in [-0.3, -0.25) is 9.48 Å². The van der Waals surface area contributed by atoms with Crippen LogP contribution in [0.5, 0.6) is 0 Å². The van der Waals surface area contributed by atoms with Crippen molar-refractivity contribution < 1.29 is 9.90 Å². The van der Waals surface area contributed by atoms with Gasteiger partial charge in [-0.2, -0.15) is 10.2 Å². The zero-order valence-electron chi connectivity index (χ0n) is 12.4. The van der Waals surface area contributed by atoms with E-state index in [0.29, 0.717) is 28.6 Å². The third kappa shape index (κ3) is 1.96. The van der Waals surface area contributed by atoms with Crippen molar-refractivity contribution in [3.8, 4) is 0 Å². The van der Waals surface area contributed by atoms with E-state index in [1.54, 1.807) is 4.68 Å². The molecule has 0 saturated carbocycles. The summed E-state index contributed by atoms with van der Waals surface area (Å²) in [6, 6.07) is 15.0. The highest BCUT2D eigenvalue weighted by Gasteiger charge is 2.22. The van der Waals surface area contributed by atoms with Crippen LogP contribution in [-0.4, -0.2) is 31.0 Å². The summed E-state index contributed by atoms with van der Waals surface area (Å²) >= 11 is 0. The van der Waals surface area contributed by atoms with Gasteiger partial charge in [0.15, 0.2) is 12.5 Å². The van der Waals surface area contributed by atoms with E-state index in [-0.39, 0.29) is 0 Å². The summed E-state index contributed by atoms with van der Waals surface area (Å²) in [7, 11) is 1.83. The lowest BCUT2D eigenvalue weighted by Gasteiger charge is -2.10. The molecule has 6 heteroatoms. The van der Waals surface area contributed by atoms with Crippen molar-refractivity contribution in [1.82, 2.24) is 19.6 Å². The number of nitrogens with zero attached hydrogens (tertiary/aromatic N) is 4. The Kier molecular flexibility index (Phi) is 2.99. The summed E-state index contributed by atoms with van der Waals surface area (Å²) in [6.45, 7) is 0. The lowest BCUT2D eigenvalue weighted by molar-refractivity contribution is 0.111. The van der Waals surface area contributed by atoms with E-state index < -0.39 is 6.23 Å². The molecule has 0 aliphatic rings. The molecule has 1 unspecified atom stereocenters. The molecule has 6 nitrogen and oxygen atoms in total. The molecule has 0 fully saturated rings. The molecule has 2 heterocycles. The van der Waals surface area contributed by atoms with Gasteiger partial charge in [-0.15, -0.1) is 0 Å². The molecule has 114 valence electrons. The van der Waals surface area contributed by atoms with Gasteiger partial charge in [-0.1, -0.05) is 36.4 Å². The quantitative estimate of drug-likeness (QED) is 0.589. The molecule has 2 aromatic heterocycles. The number of para-hydroxylation sites is 2. The number of aldehydes is 1. The maximum absolute atomic E-state index is 11.2. The van der Waals surface area contributed by atoms with Crippen LogP contribution in [0.4, 0.5) is 0 Å². The van der Waals surface area contributed by atoms with Gasteiger partial charge < -0.3 is 5.11 Å². The average Bonchev–Trinajstić information content (AvgIpc) is 3.13. The molecule has 1 N–H and O–H groups in total. The number of benzene rings is 2. The molecule has 23 heavy (non-hydrogen) atoms. The SMILES string of the molecule is Cn1nc(C(O)n2nc(C=O)c3ccccc32)c2ccccc21. The van der Waals surface area contributed by atoms with E-state index in [9.17, 15) is 9.90 Å². The zero-order chi connectivity index (χ0) is 16.0. The average molecular weight is 306 g/mol. The van der Waals surface area contributed by atoms with Crippen molar-refractivity contribution in [3.63, 3.8) is 0 Å². The second kappa shape index (κ2) is 5.03. The van der Waals surface area contributed by atoms with Crippen molar-refractivity contribution in [1.29, 1.82) is 0 Å². The third-order valence-corrected chi connectivity index (χ3v) is 4.02. The zero-order valence-corrected chi connectivity index (χ0v) is 12.4. The summed E-state index contributed by atoms with van der Waals surface area (Å²) in [5, 5.41) is 21.1. The van der Waals surface area contributed by atoms with Gasteiger partial charge in [0.2, 0.25) is 0 Å². The number of aliphatic hydroxyl groups excluding tert-OH is 1. The summed E-state index contributed by atoms with van der Waals surface area (Å²) < 4.78 is 3.16. The highest BCUT2D eigenvalue weighted by Crippen LogP contribution is 2.27. The lowest BCUT2D eigenvalue weighted by Crippen LogP contribution is -2.13. The molecule has 0 aliphatic carbocycles. The molecule has 0 saturated heterocycles. The van der Waals surface area contributed by atoms with Gasteiger partial charge in [0.25, 0.3) is 0 Å². The first-order valence-corrected chi connectivity index (χ1v) is 7.23. The van der Waals surface area contributed by atoms with Gasteiger partial charge in [0.05, 0.1) is 11.0 Å². The standard InChI is InChI=1S/C17H14N4O2/c1-20-14-8-4-3-7-12(14)16(19-20)17(23)21-15-9-5-2-6-11(15)13(10-22)18-21/h2-10,17,23H,1H3. The van der Waals surface area contributed by atoms with E-state index in [1.165, 1.54) is 4.68 Å². The largest absolute Gasteiger partial charge is 0.367 e. The molecule has 4 rings (SSSR count). The minimum atomic E-state index is -1.07. The van der Waals surface area contributed by atoms with E-state index in [4.69, 9.17) is 0 Å². The highest BCUT2D eigenvalue weighted by atomic mass is 16.3. The molecule has 1 atom stereocenters. The number of rotatable bonds is 3. The van der Waals surface area contributed by atoms with Crippen molar-refractivity contribution in [3.05, 3.63) is 59.9 Å². The fraction of sp³-hybridized carbons (Fsp3) is 0.118. The van der Waals surface area contributed by atoms with Crippen molar-refractivity contribution in [2.45, 2.75) is 6.23 Å². The van der Waals surface area contributed by atoms with E-state index in [0.717, 1.165) is 10.9 Å². The minimum absolute atomic E-state index is 0.305. The summed E-state index contributed by atoms with van der Waals surface area (Å²) in [4.78, 5) is 11.2. The van der Waals surface area contributed by atoms with Crippen LogP contribution in [0.15, 0.2) is 48.5 Å². The maximum atomic E-state index is 11.2. The van der Waals surface area contributed by atoms with Gasteiger partial charge in [0, 0.05) is 17.8 Å². The van der Waals surface area contributed by atoms with Crippen LogP contribution in [0, 0.1) is 0 Å². The number of fused-ring (bicyclic) bond motifs is 2. The van der Waals surface area contributed by atoms with Crippen LogP contribution in [0.1, 0.15) is 22.4 Å². The Bertz CT molecular complexity index is 1030. The molecular weight excluding hydrogens is 292 g/mol. The Labute approximate surface area is 131 Å². The number of hydrogen-bond donors (Lipinski definition) is 1. The Morgan fingerprint density at radius 3 is 2.39 bits per heavy atom. The van der Waals surface area contributed by atoms with Gasteiger partial charge in [-0.05, 0) is 12.1 Å². The van der Waals surface area contributed by atoms with Crippen LogP contribution < -0.4 is 0 Å². The Balaban J connectivity index is 1.95. The number of aliphatic hydroxyl groups is 1. The highest BCUT2D eigenvalue weighted by molar-refractivity contribution is 5.95. The van der Waals surface area contributed by atoms with Crippen molar-refractivity contribution >= 4 is 28.1 Å². The number of carbonyl (C=O) groups excluding carboxylic acids is 1. The second-order valence-electron chi connectivity index (χ2n) is 5.36. The van der Waals surface area contributed by atoms with Crippen LogP contribution in [0.3, 0.4) is 0 Å². The first kappa shape index (κ1) is 13.7. The Morgan fingerprint density at radius 2 is 1.65 bits per heavy atom. The monoisotopic (exact) mass is 306 g/mol. The first-order chi connectivity index (χ1) is 11.2.